The minimum atomic E-state index is 0.678. The molecule has 0 atom stereocenters. The summed E-state index contributed by atoms with van der Waals surface area (Å²) in [6.45, 7) is 4.86. The van der Waals surface area contributed by atoms with Crippen LogP contribution in [-0.4, -0.2) is 22.4 Å². The highest BCUT2D eigenvalue weighted by atomic mass is 35.5. The van der Waals surface area contributed by atoms with Crippen LogP contribution in [0.15, 0.2) is 6.07 Å². The molecule has 0 aromatic carbocycles. The topological polar surface area (TPSA) is 37.8 Å². The first-order chi connectivity index (χ1) is 6.76. The van der Waals surface area contributed by atoms with Crippen molar-refractivity contribution in [2.45, 2.75) is 26.7 Å². The van der Waals surface area contributed by atoms with Crippen molar-refractivity contribution < 1.29 is 0 Å². The van der Waals surface area contributed by atoms with Gasteiger partial charge in [-0.3, -0.25) is 0 Å². The van der Waals surface area contributed by atoms with Crippen LogP contribution in [0.4, 0.5) is 5.82 Å². The van der Waals surface area contributed by atoms with Crippen LogP contribution in [0.3, 0.4) is 0 Å². The van der Waals surface area contributed by atoms with Crippen molar-refractivity contribution in [2.24, 2.45) is 0 Å². The summed E-state index contributed by atoms with van der Waals surface area (Å²) in [7, 11) is 0. The quantitative estimate of drug-likeness (QED) is 0.603. The zero-order chi connectivity index (χ0) is 10.4. The number of rotatable bonds is 5. The molecule has 14 heavy (non-hydrogen) atoms. The molecular weight excluding hydrogens is 198 g/mol. The first-order valence-corrected chi connectivity index (χ1v) is 5.44. The summed E-state index contributed by atoms with van der Waals surface area (Å²) in [5, 5.41) is 3.23. The molecule has 1 heterocycles. The van der Waals surface area contributed by atoms with Crippen LogP contribution in [0, 0.1) is 6.92 Å². The van der Waals surface area contributed by atoms with E-state index in [-0.39, 0.29) is 0 Å². The summed E-state index contributed by atoms with van der Waals surface area (Å²) in [5.41, 5.74) is 1.07. The molecule has 4 heteroatoms. The maximum atomic E-state index is 5.58. The van der Waals surface area contributed by atoms with Crippen molar-refractivity contribution in [2.75, 3.05) is 17.7 Å². The van der Waals surface area contributed by atoms with Crippen LogP contribution in [0.2, 0.25) is 0 Å². The Balaban J connectivity index is 2.62. The van der Waals surface area contributed by atoms with E-state index in [1.165, 1.54) is 0 Å². The Morgan fingerprint density at radius 1 is 1.43 bits per heavy atom. The van der Waals surface area contributed by atoms with E-state index in [0.29, 0.717) is 5.88 Å². The summed E-state index contributed by atoms with van der Waals surface area (Å²) >= 11 is 5.58. The van der Waals surface area contributed by atoms with E-state index < -0.39 is 0 Å². The fraction of sp³-hybridized carbons (Fsp3) is 0.600. The summed E-state index contributed by atoms with van der Waals surface area (Å²) in [6.07, 6.45) is 1.89. The molecule has 0 saturated heterocycles. The van der Waals surface area contributed by atoms with Crippen LogP contribution >= 0.6 is 11.6 Å². The summed E-state index contributed by atoms with van der Waals surface area (Å²) < 4.78 is 0. The Bertz CT molecular complexity index is 289. The minimum absolute atomic E-state index is 0.678. The molecule has 0 saturated carbocycles. The number of hydrogen-bond donors (Lipinski definition) is 1. The third-order valence-electron chi connectivity index (χ3n) is 1.87. The van der Waals surface area contributed by atoms with E-state index in [0.717, 1.165) is 36.7 Å². The van der Waals surface area contributed by atoms with Crippen LogP contribution < -0.4 is 5.32 Å². The largest absolute Gasteiger partial charge is 0.370 e. The molecule has 1 aromatic heterocycles. The maximum absolute atomic E-state index is 5.58. The standard InChI is InChI=1S/C10H16ClN3/c1-3-9-7-10(12-6-4-5-11)14-8(2)13-9/h7H,3-6H2,1-2H3,(H,12,13,14). The Morgan fingerprint density at radius 2 is 2.21 bits per heavy atom. The fourth-order valence-corrected chi connectivity index (χ4v) is 1.32. The van der Waals surface area contributed by atoms with Crippen molar-refractivity contribution in [3.05, 3.63) is 17.6 Å². The summed E-state index contributed by atoms with van der Waals surface area (Å²) in [5.74, 6) is 2.40. The number of aryl methyl sites for hydroxylation is 2. The molecule has 0 radical (unpaired) electrons. The fourth-order valence-electron chi connectivity index (χ4n) is 1.18. The average molecular weight is 214 g/mol. The molecule has 3 nitrogen and oxygen atoms in total. The van der Waals surface area contributed by atoms with Gasteiger partial charge in [-0.15, -0.1) is 11.6 Å². The third kappa shape index (κ3) is 3.50. The summed E-state index contributed by atoms with van der Waals surface area (Å²) in [4.78, 5) is 8.59. The Labute approximate surface area is 89.9 Å². The molecule has 1 N–H and O–H groups in total. The first-order valence-electron chi connectivity index (χ1n) is 4.90. The number of nitrogens with one attached hydrogen (secondary N) is 1. The Kier molecular flexibility index (Phi) is 4.66. The van der Waals surface area contributed by atoms with Gasteiger partial charge < -0.3 is 5.32 Å². The van der Waals surface area contributed by atoms with Crippen LogP contribution in [0.1, 0.15) is 24.9 Å². The molecule has 1 aromatic rings. The Morgan fingerprint density at radius 3 is 2.86 bits per heavy atom. The van der Waals surface area contributed by atoms with E-state index in [1.54, 1.807) is 0 Å². The van der Waals surface area contributed by atoms with Crippen molar-refractivity contribution in [1.29, 1.82) is 0 Å². The third-order valence-corrected chi connectivity index (χ3v) is 2.14. The number of aromatic nitrogens is 2. The van der Waals surface area contributed by atoms with E-state index in [9.17, 15) is 0 Å². The van der Waals surface area contributed by atoms with E-state index in [1.807, 2.05) is 13.0 Å². The second-order valence-electron chi connectivity index (χ2n) is 3.11. The number of hydrogen-bond acceptors (Lipinski definition) is 3. The van der Waals surface area contributed by atoms with E-state index >= 15 is 0 Å². The molecule has 0 amide bonds. The Hall–Kier alpha value is -0.830. The summed E-state index contributed by atoms with van der Waals surface area (Å²) in [6, 6.07) is 1.99. The van der Waals surface area contributed by atoms with Crippen molar-refractivity contribution in [3.63, 3.8) is 0 Å². The van der Waals surface area contributed by atoms with Crippen molar-refractivity contribution >= 4 is 17.4 Å². The molecule has 0 unspecified atom stereocenters. The predicted octanol–water partition coefficient (Wildman–Crippen LogP) is 2.39. The molecule has 0 aliphatic rings. The van der Waals surface area contributed by atoms with Gasteiger partial charge in [0.25, 0.3) is 0 Å². The van der Waals surface area contributed by atoms with Gasteiger partial charge in [-0.2, -0.15) is 0 Å². The van der Waals surface area contributed by atoms with E-state index in [2.05, 4.69) is 22.2 Å². The molecular formula is C10H16ClN3. The zero-order valence-electron chi connectivity index (χ0n) is 8.68. The number of nitrogens with zero attached hydrogens (tertiary/aromatic N) is 2. The highest BCUT2D eigenvalue weighted by Crippen LogP contribution is 2.07. The lowest BCUT2D eigenvalue weighted by Crippen LogP contribution is -2.06. The monoisotopic (exact) mass is 213 g/mol. The lowest BCUT2D eigenvalue weighted by molar-refractivity contribution is 0.925. The van der Waals surface area contributed by atoms with Gasteiger partial charge in [-0.1, -0.05) is 6.92 Å². The molecule has 0 aliphatic heterocycles. The molecule has 78 valence electrons. The number of halogens is 1. The van der Waals surface area contributed by atoms with Gasteiger partial charge in [0.2, 0.25) is 0 Å². The average Bonchev–Trinajstić information content (AvgIpc) is 2.17. The molecule has 1 rings (SSSR count). The molecule has 0 spiro atoms. The lowest BCUT2D eigenvalue weighted by Gasteiger charge is -2.06. The second kappa shape index (κ2) is 5.81. The molecule has 0 aliphatic carbocycles. The predicted molar refractivity (Wildman–Crippen MR) is 60.0 cm³/mol. The van der Waals surface area contributed by atoms with Gasteiger partial charge in [0.15, 0.2) is 0 Å². The maximum Gasteiger partial charge on any atom is 0.129 e. The van der Waals surface area contributed by atoms with Crippen molar-refractivity contribution in [1.82, 2.24) is 9.97 Å². The second-order valence-corrected chi connectivity index (χ2v) is 3.49. The van der Waals surface area contributed by atoms with Gasteiger partial charge in [0, 0.05) is 24.2 Å². The van der Waals surface area contributed by atoms with Crippen LogP contribution in [0.25, 0.3) is 0 Å². The SMILES string of the molecule is CCc1cc(NCCCCl)nc(C)n1. The first kappa shape index (κ1) is 11.2. The minimum Gasteiger partial charge on any atom is -0.370 e. The smallest absolute Gasteiger partial charge is 0.129 e. The normalized spacial score (nSPS) is 10.2. The van der Waals surface area contributed by atoms with Gasteiger partial charge in [-0.05, 0) is 19.8 Å². The zero-order valence-corrected chi connectivity index (χ0v) is 9.43. The van der Waals surface area contributed by atoms with Gasteiger partial charge in [0.1, 0.15) is 11.6 Å². The number of alkyl halides is 1. The van der Waals surface area contributed by atoms with Gasteiger partial charge in [0.05, 0.1) is 0 Å². The lowest BCUT2D eigenvalue weighted by atomic mass is 10.3. The molecule has 0 bridgehead atoms. The van der Waals surface area contributed by atoms with E-state index in [4.69, 9.17) is 11.6 Å². The highest BCUT2D eigenvalue weighted by Gasteiger charge is 1.99. The number of anilines is 1. The van der Waals surface area contributed by atoms with Crippen molar-refractivity contribution in [3.8, 4) is 0 Å². The van der Waals surface area contributed by atoms with Gasteiger partial charge >= 0.3 is 0 Å². The van der Waals surface area contributed by atoms with Gasteiger partial charge in [-0.25, -0.2) is 9.97 Å². The molecule has 0 fully saturated rings. The highest BCUT2D eigenvalue weighted by molar-refractivity contribution is 6.17. The van der Waals surface area contributed by atoms with Crippen LogP contribution in [-0.2, 0) is 6.42 Å². The van der Waals surface area contributed by atoms with Crippen LogP contribution in [0.5, 0.6) is 0 Å².